The Hall–Kier alpha value is -3.63. The largest absolute Gasteiger partial charge is 0.457 e. The number of aliphatic imine (C=N–C) groups is 1. The Morgan fingerprint density at radius 3 is 2.60 bits per heavy atom. The number of benzene rings is 2. The minimum Gasteiger partial charge on any atom is -0.457 e. The van der Waals surface area contributed by atoms with Crippen LogP contribution in [0.15, 0.2) is 70.9 Å². The van der Waals surface area contributed by atoms with E-state index in [9.17, 15) is 10.1 Å². The Balaban J connectivity index is 1.66. The Labute approximate surface area is 175 Å². The molecule has 4 rings (SSSR count). The van der Waals surface area contributed by atoms with Gasteiger partial charge in [0.2, 0.25) is 0 Å². The number of hydrogen-bond donors (Lipinski definition) is 2. The first-order valence-corrected chi connectivity index (χ1v) is 9.97. The van der Waals surface area contributed by atoms with Crippen LogP contribution < -0.4 is 11.1 Å². The van der Waals surface area contributed by atoms with Gasteiger partial charge in [-0.2, -0.15) is 5.26 Å². The summed E-state index contributed by atoms with van der Waals surface area (Å²) in [5.74, 6) is -0.0987. The molecule has 1 saturated heterocycles. The van der Waals surface area contributed by atoms with Crippen LogP contribution in [0.3, 0.4) is 0 Å². The smallest absolute Gasteiger partial charge is 0.351 e. The van der Waals surface area contributed by atoms with E-state index in [1.165, 1.54) is 0 Å². The van der Waals surface area contributed by atoms with Crippen LogP contribution in [0.25, 0.3) is 0 Å². The van der Waals surface area contributed by atoms with Gasteiger partial charge in [0.1, 0.15) is 18.4 Å². The topological polar surface area (TPSA) is 104 Å². The Kier molecular flexibility index (Phi) is 5.77. The van der Waals surface area contributed by atoms with Gasteiger partial charge in [0.25, 0.3) is 0 Å². The van der Waals surface area contributed by atoms with Gasteiger partial charge in [-0.25, -0.2) is 9.79 Å². The van der Waals surface area contributed by atoms with Crippen molar-refractivity contribution in [3.63, 3.8) is 0 Å². The molecular formula is C23H23N5O2. The van der Waals surface area contributed by atoms with E-state index in [2.05, 4.69) is 10.2 Å². The van der Waals surface area contributed by atoms with Crippen LogP contribution in [0.1, 0.15) is 18.4 Å². The van der Waals surface area contributed by atoms with Gasteiger partial charge >= 0.3 is 5.97 Å². The summed E-state index contributed by atoms with van der Waals surface area (Å²) in [6.45, 7) is 1.52. The second kappa shape index (κ2) is 8.80. The first-order chi connectivity index (χ1) is 14.7. The molecule has 2 aliphatic rings. The summed E-state index contributed by atoms with van der Waals surface area (Å²) in [7, 11) is 0. The molecule has 2 aliphatic heterocycles. The zero-order valence-electron chi connectivity index (χ0n) is 16.5. The molecule has 30 heavy (non-hydrogen) atoms. The number of fused-ring (bicyclic) bond motifs is 1. The monoisotopic (exact) mass is 401 g/mol. The number of ether oxygens (including phenoxy) is 1. The van der Waals surface area contributed by atoms with Crippen molar-refractivity contribution in [2.24, 2.45) is 10.7 Å². The van der Waals surface area contributed by atoms with Crippen molar-refractivity contribution in [3.8, 4) is 6.07 Å². The van der Waals surface area contributed by atoms with Gasteiger partial charge < -0.3 is 20.7 Å². The van der Waals surface area contributed by atoms with Crippen LogP contribution in [0.4, 0.5) is 11.4 Å². The normalized spacial score (nSPS) is 17.9. The molecule has 0 unspecified atom stereocenters. The maximum Gasteiger partial charge on any atom is 0.351 e. The average molecular weight is 401 g/mol. The zero-order chi connectivity index (χ0) is 20.9. The summed E-state index contributed by atoms with van der Waals surface area (Å²) < 4.78 is 5.42. The molecule has 0 bridgehead atoms. The number of nitrogens with one attached hydrogen (secondary N) is 1. The highest BCUT2D eigenvalue weighted by Crippen LogP contribution is 2.33. The van der Waals surface area contributed by atoms with E-state index in [0.29, 0.717) is 24.6 Å². The van der Waals surface area contributed by atoms with Crippen LogP contribution in [-0.4, -0.2) is 35.8 Å². The maximum atomic E-state index is 12.8. The lowest BCUT2D eigenvalue weighted by Gasteiger charge is -2.35. The summed E-state index contributed by atoms with van der Waals surface area (Å²) in [5.41, 5.74) is 8.70. The lowest BCUT2D eigenvalue weighted by molar-refractivity contribution is -0.139. The van der Waals surface area contributed by atoms with Gasteiger partial charge in [0.15, 0.2) is 11.4 Å². The molecule has 3 N–H and O–H groups in total. The Morgan fingerprint density at radius 2 is 1.87 bits per heavy atom. The van der Waals surface area contributed by atoms with E-state index >= 15 is 0 Å². The minimum atomic E-state index is -0.676. The van der Waals surface area contributed by atoms with Crippen molar-refractivity contribution in [3.05, 3.63) is 71.4 Å². The van der Waals surface area contributed by atoms with Gasteiger partial charge in [0, 0.05) is 19.1 Å². The third kappa shape index (κ3) is 4.19. The van der Waals surface area contributed by atoms with Gasteiger partial charge in [-0.3, -0.25) is 0 Å². The highest BCUT2D eigenvalue weighted by atomic mass is 16.5. The highest BCUT2D eigenvalue weighted by molar-refractivity contribution is 6.12. The molecule has 0 atom stereocenters. The number of carbonyl (C=O) groups is 1. The van der Waals surface area contributed by atoms with E-state index in [1.807, 2.05) is 60.7 Å². The number of nitrogens with zero attached hydrogens (tertiary/aromatic N) is 3. The molecule has 2 aromatic rings. The standard InChI is InChI=1S/C23H23N5O2/c24-14-18(23(29)30-15-16-6-2-1-3-7-16)21-22(28-12-10-17(25)11-13-28)27-20-9-5-4-8-19(20)26-21/h1-9,17,26H,10-13,15,25H2/b21-18-. The molecular weight excluding hydrogens is 378 g/mol. The molecule has 0 amide bonds. The number of amidine groups is 1. The summed E-state index contributed by atoms with van der Waals surface area (Å²) in [6, 6.07) is 19.1. The third-order valence-electron chi connectivity index (χ3n) is 5.23. The molecule has 0 aliphatic carbocycles. The summed E-state index contributed by atoms with van der Waals surface area (Å²) in [4.78, 5) is 19.6. The highest BCUT2D eigenvalue weighted by Gasteiger charge is 2.30. The first-order valence-electron chi connectivity index (χ1n) is 9.97. The fraction of sp³-hybridized carbons (Fsp3) is 0.261. The predicted octanol–water partition coefficient (Wildman–Crippen LogP) is 3.09. The van der Waals surface area contributed by atoms with Gasteiger partial charge in [-0.05, 0) is 30.5 Å². The van der Waals surface area contributed by atoms with E-state index < -0.39 is 5.97 Å². The van der Waals surface area contributed by atoms with Crippen LogP contribution in [0.5, 0.6) is 0 Å². The number of carbonyl (C=O) groups excluding carboxylic acids is 1. The molecule has 0 spiro atoms. The fourth-order valence-electron chi connectivity index (χ4n) is 3.55. The lowest BCUT2D eigenvalue weighted by Crippen LogP contribution is -2.45. The predicted molar refractivity (Wildman–Crippen MR) is 115 cm³/mol. The molecule has 2 aromatic carbocycles. The molecule has 0 aromatic heterocycles. The van der Waals surface area contributed by atoms with Crippen LogP contribution in [0, 0.1) is 11.3 Å². The zero-order valence-corrected chi connectivity index (χ0v) is 16.5. The molecule has 7 heteroatoms. The van der Waals surface area contributed by atoms with Crippen molar-refractivity contribution in [2.45, 2.75) is 25.5 Å². The van der Waals surface area contributed by atoms with Crippen LogP contribution >= 0.6 is 0 Å². The Bertz CT molecular complexity index is 1030. The van der Waals surface area contributed by atoms with Crippen molar-refractivity contribution in [2.75, 3.05) is 18.4 Å². The third-order valence-corrected chi connectivity index (χ3v) is 5.23. The van der Waals surface area contributed by atoms with Gasteiger partial charge in [-0.1, -0.05) is 42.5 Å². The minimum absolute atomic E-state index is 0.0888. The number of nitriles is 1. The second-order valence-electron chi connectivity index (χ2n) is 7.33. The van der Waals surface area contributed by atoms with E-state index in [4.69, 9.17) is 15.5 Å². The quantitative estimate of drug-likeness (QED) is 0.465. The van der Waals surface area contributed by atoms with E-state index in [-0.39, 0.29) is 18.2 Å². The van der Waals surface area contributed by atoms with Gasteiger partial charge in [0.05, 0.1) is 11.4 Å². The van der Waals surface area contributed by atoms with Crippen LogP contribution in [0.2, 0.25) is 0 Å². The van der Waals surface area contributed by atoms with Crippen molar-refractivity contribution >= 4 is 23.2 Å². The number of anilines is 1. The van der Waals surface area contributed by atoms with E-state index in [1.54, 1.807) is 0 Å². The number of likely N-dealkylation sites (tertiary alicyclic amines) is 1. The molecule has 2 heterocycles. The fourth-order valence-corrected chi connectivity index (χ4v) is 3.55. The molecule has 0 saturated carbocycles. The number of nitrogens with two attached hydrogens (primary N) is 1. The number of esters is 1. The first kappa shape index (κ1) is 19.7. The van der Waals surface area contributed by atoms with E-state index in [0.717, 1.165) is 29.8 Å². The van der Waals surface area contributed by atoms with Crippen molar-refractivity contribution in [1.29, 1.82) is 5.26 Å². The maximum absolute atomic E-state index is 12.8. The number of para-hydroxylation sites is 2. The molecule has 1 fully saturated rings. The van der Waals surface area contributed by atoms with Crippen LogP contribution in [-0.2, 0) is 16.1 Å². The summed E-state index contributed by atoms with van der Waals surface area (Å²) >= 11 is 0. The summed E-state index contributed by atoms with van der Waals surface area (Å²) in [6.07, 6.45) is 1.66. The lowest BCUT2D eigenvalue weighted by atomic mass is 10.0. The number of rotatable bonds is 3. The molecule has 7 nitrogen and oxygen atoms in total. The Morgan fingerprint density at radius 1 is 1.17 bits per heavy atom. The van der Waals surface area contributed by atoms with Crippen molar-refractivity contribution in [1.82, 2.24) is 4.90 Å². The molecule has 152 valence electrons. The number of piperidine rings is 1. The average Bonchev–Trinajstić information content (AvgIpc) is 2.79. The molecule has 0 radical (unpaired) electrons. The second-order valence-corrected chi connectivity index (χ2v) is 7.33. The SMILES string of the molecule is N#C/C(C(=O)OCc1ccccc1)=C1/Nc2ccccc2N=C1N1CCC(N)CC1. The van der Waals surface area contributed by atoms with Gasteiger partial charge in [-0.15, -0.1) is 0 Å². The summed E-state index contributed by atoms with van der Waals surface area (Å²) in [5, 5.41) is 13.0. The van der Waals surface area contributed by atoms with Crippen molar-refractivity contribution < 1.29 is 9.53 Å². The number of hydrogen-bond acceptors (Lipinski definition) is 7.